The maximum Gasteiger partial charge on any atom is 0.149 e. The van der Waals surface area contributed by atoms with E-state index < -0.39 is 0 Å². The quantitative estimate of drug-likeness (QED) is 0.711. The van der Waals surface area contributed by atoms with Crippen molar-refractivity contribution in [1.29, 1.82) is 0 Å². The average molecular weight is 197 g/mol. The minimum atomic E-state index is -0.185. The Kier molecular flexibility index (Phi) is 5.16. The largest absolute Gasteiger partial charge is 0.322 e. The summed E-state index contributed by atoms with van der Waals surface area (Å²) in [6.07, 6.45) is 8.93. The average Bonchev–Trinajstić information content (AvgIpc) is 2.66. The summed E-state index contributed by atoms with van der Waals surface area (Å²) in [6.45, 7) is 2.13. The molecule has 0 aromatic rings. The van der Waals surface area contributed by atoms with Crippen molar-refractivity contribution in [3.8, 4) is 0 Å². The fraction of sp³-hybridized carbons (Fsp3) is 0.917. The molecule has 1 aliphatic rings. The molecule has 1 unspecified atom stereocenters. The molecule has 14 heavy (non-hydrogen) atoms. The van der Waals surface area contributed by atoms with Crippen molar-refractivity contribution in [2.24, 2.45) is 11.7 Å². The van der Waals surface area contributed by atoms with Crippen molar-refractivity contribution in [2.75, 3.05) is 0 Å². The molecule has 82 valence electrons. The first-order valence-corrected chi connectivity index (χ1v) is 6.02. The molecule has 2 heteroatoms. The summed E-state index contributed by atoms with van der Waals surface area (Å²) in [5.74, 6) is 0.945. The third kappa shape index (κ3) is 3.79. The van der Waals surface area contributed by atoms with Crippen LogP contribution in [0.5, 0.6) is 0 Å². The number of hydrogen-bond donors (Lipinski definition) is 1. The second-order valence-corrected chi connectivity index (χ2v) is 4.57. The van der Waals surface area contributed by atoms with Crippen molar-refractivity contribution >= 4 is 5.78 Å². The molecule has 1 rings (SSSR count). The van der Waals surface area contributed by atoms with Crippen LogP contribution in [0.1, 0.15) is 58.3 Å². The van der Waals surface area contributed by atoms with Gasteiger partial charge in [0.1, 0.15) is 5.78 Å². The van der Waals surface area contributed by atoms with Gasteiger partial charge in [0.25, 0.3) is 0 Å². The summed E-state index contributed by atoms with van der Waals surface area (Å²) in [4.78, 5) is 11.7. The zero-order chi connectivity index (χ0) is 10.4. The Balaban J connectivity index is 2.18. The van der Waals surface area contributed by atoms with Gasteiger partial charge in [-0.1, -0.05) is 45.4 Å². The minimum absolute atomic E-state index is 0.185. The lowest BCUT2D eigenvalue weighted by molar-refractivity contribution is -0.121. The van der Waals surface area contributed by atoms with E-state index >= 15 is 0 Å². The van der Waals surface area contributed by atoms with E-state index in [-0.39, 0.29) is 6.04 Å². The number of hydrogen-bond acceptors (Lipinski definition) is 2. The molecule has 0 bridgehead atoms. The summed E-state index contributed by atoms with van der Waals surface area (Å²) in [6, 6.07) is -0.185. The molecule has 1 atom stereocenters. The lowest BCUT2D eigenvalue weighted by Crippen LogP contribution is -2.31. The predicted octanol–water partition coefficient (Wildman–Crippen LogP) is 2.65. The summed E-state index contributed by atoms with van der Waals surface area (Å²) < 4.78 is 0. The third-order valence-electron chi connectivity index (χ3n) is 3.25. The lowest BCUT2D eigenvalue weighted by atomic mass is 9.95. The van der Waals surface area contributed by atoms with Crippen LogP contribution in [-0.4, -0.2) is 11.8 Å². The first kappa shape index (κ1) is 11.7. The summed E-state index contributed by atoms with van der Waals surface area (Å²) in [7, 11) is 0. The van der Waals surface area contributed by atoms with Gasteiger partial charge in [-0.25, -0.2) is 0 Å². The van der Waals surface area contributed by atoms with Gasteiger partial charge in [-0.3, -0.25) is 4.79 Å². The maximum absolute atomic E-state index is 11.7. The smallest absolute Gasteiger partial charge is 0.149 e. The molecule has 1 saturated carbocycles. The van der Waals surface area contributed by atoms with Crippen LogP contribution in [0.15, 0.2) is 0 Å². The first-order valence-electron chi connectivity index (χ1n) is 6.02. The molecule has 0 radical (unpaired) electrons. The predicted molar refractivity (Wildman–Crippen MR) is 59.1 cm³/mol. The van der Waals surface area contributed by atoms with Crippen LogP contribution in [0.3, 0.4) is 0 Å². The van der Waals surface area contributed by atoms with E-state index in [1.165, 1.54) is 25.7 Å². The number of ketones is 1. The Morgan fingerprint density at radius 3 is 2.64 bits per heavy atom. The van der Waals surface area contributed by atoms with Crippen LogP contribution >= 0.6 is 0 Å². The van der Waals surface area contributed by atoms with E-state index in [0.717, 1.165) is 25.7 Å². The zero-order valence-electron chi connectivity index (χ0n) is 9.30. The van der Waals surface area contributed by atoms with E-state index in [4.69, 9.17) is 5.73 Å². The molecule has 2 N–H and O–H groups in total. The highest BCUT2D eigenvalue weighted by Gasteiger charge is 2.21. The van der Waals surface area contributed by atoms with Gasteiger partial charge in [0.2, 0.25) is 0 Å². The number of nitrogens with two attached hydrogens (primary N) is 1. The molecule has 0 aromatic heterocycles. The molecule has 0 amide bonds. The SMILES string of the molecule is CCCCC(N)C(=O)CC1CCCC1. The maximum atomic E-state index is 11.7. The Hall–Kier alpha value is -0.370. The topological polar surface area (TPSA) is 43.1 Å². The zero-order valence-corrected chi connectivity index (χ0v) is 9.30. The Morgan fingerprint density at radius 2 is 2.07 bits per heavy atom. The molecule has 0 heterocycles. The molecule has 0 aromatic carbocycles. The summed E-state index contributed by atoms with van der Waals surface area (Å²) in [5.41, 5.74) is 5.83. The number of Topliss-reactive ketones (excluding diaryl/α,β-unsaturated/α-hetero) is 1. The van der Waals surface area contributed by atoms with Gasteiger partial charge in [0, 0.05) is 6.42 Å². The first-order chi connectivity index (χ1) is 6.74. The number of carbonyl (C=O) groups is 1. The van der Waals surface area contributed by atoms with Gasteiger partial charge in [0.15, 0.2) is 0 Å². The van der Waals surface area contributed by atoms with Crippen molar-refractivity contribution in [2.45, 2.75) is 64.3 Å². The van der Waals surface area contributed by atoms with Gasteiger partial charge in [-0.05, 0) is 12.3 Å². The van der Waals surface area contributed by atoms with Gasteiger partial charge >= 0.3 is 0 Å². The molecular formula is C12H23NO. The van der Waals surface area contributed by atoms with Gasteiger partial charge in [-0.15, -0.1) is 0 Å². The molecule has 1 aliphatic carbocycles. The molecule has 1 fully saturated rings. The van der Waals surface area contributed by atoms with Crippen LogP contribution in [-0.2, 0) is 4.79 Å². The van der Waals surface area contributed by atoms with Crippen LogP contribution < -0.4 is 5.73 Å². The monoisotopic (exact) mass is 197 g/mol. The second-order valence-electron chi connectivity index (χ2n) is 4.57. The van der Waals surface area contributed by atoms with Gasteiger partial charge in [0.05, 0.1) is 6.04 Å². The van der Waals surface area contributed by atoms with E-state index in [0.29, 0.717) is 11.7 Å². The van der Waals surface area contributed by atoms with Crippen LogP contribution in [0.4, 0.5) is 0 Å². The highest BCUT2D eigenvalue weighted by Crippen LogP contribution is 2.28. The van der Waals surface area contributed by atoms with Crippen molar-refractivity contribution in [3.63, 3.8) is 0 Å². The van der Waals surface area contributed by atoms with E-state index in [2.05, 4.69) is 6.92 Å². The molecule has 0 aliphatic heterocycles. The number of carbonyl (C=O) groups excluding carboxylic acids is 1. The normalized spacial score (nSPS) is 19.9. The van der Waals surface area contributed by atoms with Crippen molar-refractivity contribution in [1.82, 2.24) is 0 Å². The van der Waals surface area contributed by atoms with Crippen molar-refractivity contribution < 1.29 is 4.79 Å². The highest BCUT2D eigenvalue weighted by molar-refractivity contribution is 5.83. The Morgan fingerprint density at radius 1 is 1.43 bits per heavy atom. The fourth-order valence-corrected chi connectivity index (χ4v) is 2.24. The number of unbranched alkanes of at least 4 members (excludes halogenated alkanes) is 1. The van der Waals surface area contributed by atoms with E-state index in [1.807, 2.05) is 0 Å². The van der Waals surface area contributed by atoms with Crippen molar-refractivity contribution in [3.05, 3.63) is 0 Å². The van der Waals surface area contributed by atoms with E-state index in [1.54, 1.807) is 0 Å². The third-order valence-corrected chi connectivity index (χ3v) is 3.25. The summed E-state index contributed by atoms with van der Waals surface area (Å²) in [5, 5.41) is 0. The number of rotatable bonds is 6. The Labute approximate surface area is 87.2 Å². The molecule has 2 nitrogen and oxygen atoms in total. The second kappa shape index (κ2) is 6.18. The highest BCUT2D eigenvalue weighted by atomic mass is 16.1. The van der Waals surface area contributed by atoms with Crippen LogP contribution in [0.25, 0.3) is 0 Å². The van der Waals surface area contributed by atoms with Gasteiger partial charge in [-0.2, -0.15) is 0 Å². The fourth-order valence-electron chi connectivity index (χ4n) is 2.24. The molecule has 0 saturated heterocycles. The molecular weight excluding hydrogens is 174 g/mol. The summed E-state index contributed by atoms with van der Waals surface area (Å²) >= 11 is 0. The van der Waals surface area contributed by atoms with Crippen LogP contribution in [0.2, 0.25) is 0 Å². The Bertz CT molecular complexity index is 173. The van der Waals surface area contributed by atoms with Gasteiger partial charge < -0.3 is 5.73 Å². The molecule has 0 spiro atoms. The van der Waals surface area contributed by atoms with Crippen LogP contribution in [0, 0.1) is 5.92 Å². The van der Waals surface area contributed by atoms with E-state index in [9.17, 15) is 4.79 Å². The lowest BCUT2D eigenvalue weighted by Gasteiger charge is -2.13. The minimum Gasteiger partial charge on any atom is -0.322 e. The standard InChI is InChI=1S/C12H23NO/c1-2-3-8-11(13)12(14)9-10-6-4-5-7-10/h10-11H,2-9,13H2,1H3.